The molecule has 0 unspecified atom stereocenters. The smallest absolute Gasteiger partial charge is 0.0366 e. The van der Waals surface area contributed by atoms with E-state index in [1.807, 2.05) is 0 Å². The summed E-state index contributed by atoms with van der Waals surface area (Å²) >= 11 is 0. The number of hydrogen-bond acceptors (Lipinski definition) is 2. The Morgan fingerprint density at radius 3 is 2.11 bits per heavy atom. The number of aryl methyl sites for hydroxylation is 1. The molecule has 108 valence electrons. The standard InChI is InChI=1S/C17H30N2/c1-14-13-15(9-10-16(14)17(2,3)4)19(7)12-8-11-18(5)6/h9-10,13H,8,11-12H2,1-7H3. The minimum absolute atomic E-state index is 0.228. The van der Waals surface area contributed by atoms with Gasteiger partial charge in [-0.05, 0) is 62.7 Å². The molecule has 0 amide bonds. The quantitative estimate of drug-likeness (QED) is 0.798. The van der Waals surface area contributed by atoms with Crippen LogP contribution >= 0.6 is 0 Å². The van der Waals surface area contributed by atoms with E-state index in [1.165, 1.54) is 23.2 Å². The van der Waals surface area contributed by atoms with Gasteiger partial charge in [0.15, 0.2) is 0 Å². The first kappa shape index (κ1) is 16.0. The van der Waals surface area contributed by atoms with Crippen molar-refractivity contribution in [2.75, 3.05) is 39.1 Å². The molecule has 2 heteroatoms. The number of benzene rings is 1. The molecule has 0 radical (unpaired) electrons. The zero-order chi connectivity index (χ0) is 14.6. The van der Waals surface area contributed by atoms with E-state index >= 15 is 0 Å². The van der Waals surface area contributed by atoms with E-state index in [4.69, 9.17) is 0 Å². The normalized spacial score (nSPS) is 12.0. The van der Waals surface area contributed by atoms with Crippen LogP contribution in [0.25, 0.3) is 0 Å². The van der Waals surface area contributed by atoms with Gasteiger partial charge in [0.25, 0.3) is 0 Å². The third kappa shape index (κ3) is 4.87. The summed E-state index contributed by atoms with van der Waals surface area (Å²) in [5, 5.41) is 0. The van der Waals surface area contributed by atoms with Gasteiger partial charge in [-0.15, -0.1) is 0 Å². The second kappa shape index (κ2) is 6.42. The molecule has 0 saturated carbocycles. The van der Waals surface area contributed by atoms with Crippen molar-refractivity contribution in [2.45, 2.75) is 39.5 Å². The van der Waals surface area contributed by atoms with Gasteiger partial charge in [-0.25, -0.2) is 0 Å². The molecule has 1 rings (SSSR count). The Morgan fingerprint density at radius 1 is 1.00 bits per heavy atom. The van der Waals surface area contributed by atoms with E-state index in [-0.39, 0.29) is 5.41 Å². The lowest BCUT2D eigenvalue weighted by Gasteiger charge is -2.25. The molecule has 0 aliphatic carbocycles. The van der Waals surface area contributed by atoms with Crippen LogP contribution < -0.4 is 4.90 Å². The van der Waals surface area contributed by atoms with Crippen LogP contribution in [0.3, 0.4) is 0 Å². The van der Waals surface area contributed by atoms with Crippen LogP contribution in [0.5, 0.6) is 0 Å². The van der Waals surface area contributed by atoms with Crippen molar-refractivity contribution in [1.29, 1.82) is 0 Å². The largest absolute Gasteiger partial charge is 0.375 e. The fourth-order valence-electron chi connectivity index (χ4n) is 2.48. The van der Waals surface area contributed by atoms with Gasteiger partial charge < -0.3 is 9.80 Å². The van der Waals surface area contributed by atoms with Crippen molar-refractivity contribution < 1.29 is 0 Å². The van der Waals surface area contributed by atoms with Gasteiger partial charge in [0, 0.05) is 19.3 Å². The van der Waals surface area contributed by atoms with Gasteiger partial charge in [-0.3, -0.25) is 0 Å². The Kier molecular flexibility index (Phi) is 5.42. The van der Waals surface area contributed by atoms with Crippen LogP contribution in [0, 0.1) is 6.92 Å². The average Bonchev–Trinajstić information content (AvgIpc) is 2.26. The lowest BCUT2D eigenvalue weighted by Crippen LogP contribution is -2.23. The van der Waals surface area contributed by atoms with Crippen molar-refractivity contribution in [2.24, 2.45) is 0 Å². The zero-order valence-corrected chi connectivity index (χ0v) is 13.7. The Hall–Kier alpha value is -1.02. The van der Waals surface area contributed by atoms with Crippen LogP contribution in [0.1, 0.15) is 38.3 Å². The number of hydrogen-bond donors (Lipinski definition) is 0. The molecule has 0 aromatic heterocycles. The highest BCUT2D eigenvalue weighted by molar-refractivity contribution is 5.51. The predicted octanol–water partition coefficient (Wildman–Crippen LogP) is 3.68. The van der Waals surface area contributed by atoms with Crippen molar-refractivity contribution in [3.05, 3.63) is 29.3 Å². The van der Waals surface area contributed by atoms with Gasteiger partial charge in [-0.2, -0.15) is 0 Å². The Morgan fingerprint density at radius 2 is 1.63 bits per heavy atom. The molecule has 19 heavy (non-hydrogen) atoms. The van der Waals surface area contributed by atoms with Gasteiger partial charge in [0.1, 0.15) is 0 Å². The van der Waals surface area contributed by atoms with Gasteiger partial charge in [-0.1, -0.05) is 26.8 Å². The Balaban J connectivity index is 2.72. The second-order valence-corrected chi connectivity index (χ2v) is 6.83. The lowest BCUT2D eigenvalue weighted by molar-refractivity contribution is 0.401. The Bertz CT molecular complexity index is 402. The highest BCUT2D eigenvalue weighted by atomic mass is 15.1. The molecule has 0 N–H and O–H groups in total. The maximum absolute atomic E-state index is 2.35. The molecular formula is C17H30N2. The monoisotopic (exact) mass is 262 g/mol. The summed E-state index contributed by atoms with van der Waals surface area (Å²) < 4.78 is 0. The predicted molar refractivity (Wildman–Crippen MR) is 86.3 cm³/mol. The highest BCUT2D eigenvalue weighted by Gasteiger charge is 2.16. The summed E-state index contributed by atoms with van der Waals surface area (Å²) in [7, 11) is 6.44. The van der Waals surface area contributed by atoms with Crippen molar-refractivity contribution in [3.63, 3.8) is 0 Å². The Labute approximate surface area is 119 Å². The fourth-order valence-corrected chi connectivity index (χ4v) is 2.48. The highest BCUT2D eigenvalue weighted by Crippen LogP contribution is 2.28. The third-order valence-corrected chi connectivity index (χ3v) is 3.56. The first-order valence-corrected chi connectivity index (χ1v) is 7.19. The van der Waals surface area contributed by atoms with Crippen LogP contribution in [0.2, 0.25) is 0 Å². The van der Waals surface area contributed by atoms with Crippen LogP contribution in [-0.4, -0.2) is 39.1 Å². The van der Waals surface area contributed by atoms with Gasteiger partial charge >= 0.3 is 0 Å². The second-order valence-electron chi connectivity index (χ2n) is 6.83. The fraction of sp³-hybridized carbons (Fsp3) is 0.647. The minimum atomic E-state index is 0.228. The molecule has 0 spiro atoms. The van der Waals surface area contributed by atoms with Gasteiger partial charge in [0.2, 0.25) is 0 Å². The van der Waals surface area contributed by atoms with E-state index in [0.29, 0.717) is 0 Å². The van der Waals surface area contributed by atoms with E-state index in [2.05, 4.69) is 76.8 Å². The van der Waals surface area contributed by atoms with Crippen LogP contribution in [0.15, 0.2) is 18.2 Å². The summed E-state index contributed by atoms with van der Waals surface area (Å²) in [4.78, 5) is 4.59. The van der Waals surface area contributed by atoms with Crippen LogP contribution in [0.4, 0.5) is 5.69 Å². The van der Waals surface area contributed by atoms with Crippen molar-refractivity contribution in [1.82, 2.24) is 4.90 Å². The number of rotatable bonds is 5. The molecule has 0 aliphatic heterocycles. The van der Waals surface area contributed by atoms with E-state index < -0.39 is 0 Å². The first-order valence-electron chi connectivity index (χ1n) is 7.19. The molecule has 0 aliphatic rings. The molecule has 0 atom stereocenters. The molecule has 0 bridgehead atoms. The average molecular weight is 262 g/mol. The van der Waals surface area contributed by atoms with E-state index in [0.717, 1.165) is 13.1 Å². The first-order chi connectivity index (χ1) is 8.71. The van der Waals surface area contributed by atoms with Crippen molar-refractivity contribution in [3.8, 4) is 0 Å². The molecule has 0 saturated heterocycles. The van der Waals surface area contributed by atoms with Gasteiger partial charge in [0.05, 0.1) is 0 Å². The van der Waals surface area contributed by atoms with E-state index in [9.17, 15) is 0 Å². The third-order valence-electron chi connectivity index (χ3n) is 3.56. The number of nitrogens with zero attached hydrogens (tertiary/aromatic N) is 2. The molecule has 2 nitrogen and oxygen atoms in total. The van der Waals surface area contributed by atoms with Crippen molar-refractivity contribution >= 4 is 5.69 Å². The topological polar surface area (TPSA) is 6.48 Å². The minimum Gasteiger partial charge on any atom is -0.375 e. The summed E-state index contributed by atoms with van der Waals surface area (Å²) in [5.41, 5.74) is 4.39. The molecular weight excluding hydrogens is 232 g/mol. The lowest BCUT2D eigenvalue weighted by atomic mass is 9.84. The SMILES string of the molecule is Cc1cc(N(C)CCCN(C)C)ccc1C(C)(C)C. The number of anilines is 1. The maximum Gasteiger partial charge on any atom is 0.0366 e. The molecule has 0 heterocycles. The summed E-state index contributed by atoms with van der Waals surface area (Å²) in [5.74, 6) is 0. The molecule has 1 aromatic carbocycles. The molecule has 1 aromatic rings. The zero-order valence-electron chi connectivity index (χ0n) is 13.7. The van der Waals surface area contributed by atoms with Crippen LogP contribution in [-0.2, 0) is 5.41 Å². The summed E-state index contributed by atoms with van der Waals surface area (Å²) in [6.07, 6.45) is 1.20. The summed E-state index contributed by atoms with van der Waals surface area (Å²) in [6, 6.07) is 6.85. The molecule has 0 fully saturated rings. The summed E-state index contributed by atoms with van der Waals surface area (Å²) in [6.45, 7) is 11.3. The van der Waals surface area contributed by atoms with E-state index in [1.54, 1.807) is 0 Å². The maximum atomic E-state index is 2.35.